The number of rotatable bonds is 6. The molecular weight excluding hydrogens is 420 g/mol. The van der Waals surface area contributed by atoms with E-state index in [0.29, 0.717) is 10.7 Å². The highest BCUT2D eigenvalue weighted by molar-refractivity contribution is 7.99. The van der Waals surface area contributed by atoms with Crippen LogP contribution in [0.25, 0.3) is 0 Å². The SMILES string of the molecule is Nc1nc(SCC(=O)Nc2ccccc2Cl)ncc1S(=O)(=O)c1ccccc1. The number of aromatic nitrogens is 2. The highest BCUT2D eigenvalue weighted by Crippen LogP contribution is 2.26. The maximum absolute atomic E-state index is 12.6. The number of para-hydroxylation sites is 1. The molecule has 28 heavy (non-hydrogen) atoms. The first kappa shape index (κ1) is 20.1. The van der Waals surface area contributed by atoms with Crippen molar-refractivity contribution >= 4 is 50.6 Å². The molecule has 0 fully saturated rings. The molecule has 0 aliphatic carbocycles. The van der Waals surface area contributed by atoms with Crippen LogP contribution in [-0.2, 0) is 14.6 Å². The Balaban J connectivity index is 1.69. The molecule has 0 atom stereocenters. The van der Waals surface area contributed by atoms with Crippen LogP contribution in [0.4, 0.5) is 11.5 Å². The van der Waals surface area contributed by atoms with E-state index in [4.69, 9.17) is 17.3 Å². The van der Waals surface area contributed by atoms with E-state index in [9.17, 15) is 13.2 Å². The van der Waals surface area contributed by atoms with Gasteiger partial charge in [0.1, 0.15) is 10.7 Å². The summed E-state index contributed by atoms with van der Waals surface area (Å²) in [6.07, 6.45) is 1.15. The highest BCUT2D eigenvalue weighted by atomic mass is 35.5. The third-order valence-electron chi connectivity index (χ3n) is 3.58. The number of benzene rings is 2. The van der Waals surface area contributed by atoms with Crippen molar-refractivity contribution in [3.05, 3.63) is 65.8 Å². The molecule has 7 nitrogen and oxygen atoms in total. The van der Waals surface area contributed by atoms with Gasteiger partial charge in [-0.3, -0.25) is 4.79 Å². The molecule has 1 aromatic heterocycles. The van der Waals surface area contributed by atoms with Gasteiger partial charge in [-0.25, -0.2) is 18.4 Å². The fourth-order valence-electron chi connectivity index (χ4n) is 2.25. The van der Waals surface area contributed by atoms with Crippen molar-refractivity contribution < 1.29 is 13.2 Å². The number of nitrogens with zero attached hydrogens (tertiary/aromatic N) is 2. The van der Waals surface area contributed by atoms with Crippen LogP contribution in [0.1, 0.15) is 0 Å². The molecule has 1 amide bonds. The molecule has 0 saturated carbocycles. The Bertz CT molecular complexity index is 1110. The van der Waals surface area contributed by atoms with Gasteiger partial charge in [0.15, 0.2) is 5.16 Å². The van der Waals surface area contributed by atoms with Crippen molar-refractivity contribution in [3.63, 3.8) is 0 Å². The number of halogens is 1. The predicted molar refractivity (Wildman–Crippen MR) is 109 cm³/mol. The molecule has 0 unspecified atom stereocenters. The van der Waals surface area contributed by atoms with Crippen molar-refractivity contribution in [1.82, 2.24) is 9.97 Å². The number of nitrogens with one attached hydrogen (secondary N) is 1. The second-order valence-corrected chi connectivity index (χ2v) is 8.80. The zero-order chi connectivity index (χ0) is 20.1. The summed E-state index contributed by atoms with van der Waals surface area (Å²) in [5.74, 6) is -0.468. The minimum Gasteiger partial charge on any atom is -0.382 e. The number of amides is 1. The van der Waals surface area contributed by atoms with E-state index >= 15 is 0 Å². The van der Waals surface area contributed by atoms with Crippen molar-refractivity contribution in [2.45, 2.75) is 14.9 Å². The molecule has 0 aliphatic rings. The van der Waals surface area contributed by atoms with Gasteiger partial charge in [-0.15, -0.1) is 0 Å². The minimum absolute atomic E-state index is 0.00937. The van der Waals surface area contributed by atoms with Gasteiger partial charge < -0.3 is 11.1 Å². The van der Waals surface area contributed by atoms with Gasteiger partial charge in [0.2, 0.25) is 15.7 Å². The van der Waals surface area contributed by atoms with Gasteiger partial charge in [0.05, 0.1) is 27.6 Å². The first-order valence-electron chi connectivity index (χ1n) is 7.98. The molecule has 3 aromatic rings. The van der Waals surface area contributed by atoms with Crippen molar-refractivity contribution in [2.24, 2.45) is 0 Å². The average molecular weight is 435 g/mol. The van der Waals surface area contributed by atoms with Crippen LogP contribution < -0.4 is 11.1 Å². The van der Waals surface area contributed by atoms with Crippen LogP contribution in [-0.4, -0.2) is 30.0 Å². The number of sulfone groups is 1. The summed E-state index contributed by atoms with van der Waals surface area (Å²) in [5.41, 5.74) is 6.33. The maximum atomic E-state index is 12.6. The van der Waals surface area contributed by atoms with Crippen LogP contribution in [0, 0.1) is 0 Å². The number of hydrogen-bond donors (Lipinski definition) is 2. The summed E-state index contributed by atoms with van der Waals surface area (Å²) in [6.45, 7) is 0. The van der Waals surface area contributed by atoms with Gasteiger partial charge in [-0.05, 0) is 24.3 Å². The van der Waals surface area contributed by atoms with Gasteiger partial charge in [-0.1, -0.05) is 53.7 Å². The third kappa shape index (κ3) is 4.61. The number of anilines is 2. The zero-order valence-corrected chi connectivity index (χ0v) is 16.8. The molecule has 3 rings (SSSR count). The highest BCUT2D eigenvalue weighted by Gasteiger charge is 2.22. The molecule has 10 heteroatoms. The van der Waals surface area contributed by atoms with Gasteiger partial charge >= 0.3 is 0 Å². The average Bonchev–Trinajstić information content (AvgIpc) is 2.69. The van der Waals surface area contributed by atoms with Crippen molar-refractivity contribution in [1.29, 1.82) is 0 Å². The topological polar surface area (TPSA) is 115 Å². The number of hydrogen-bond acceptors (Lipinski definition) is 7. The standard InChI is InChI=1S/C18H15ClN4O3S2/c19-13-8-4-5-9-14(13)22-16(24)11-27-18-21-10-15(17(20)23-18)28(25,26)12-6-2-1-3-7-12/h1-10H,11H2,(H,22,24)(H2,20,21,23). The summed E-state index contributed by atoms with van der Waals surface area (Å²) in [6, 6.07) is 14.7. The van der Waals surface area contributed by atoms with Crippen molar-refractivity contribution in [2.75, 3.05) is 16.8 Å². The maximum Gasteiger partial charge on any atom is 0.234 e. The fourth-order valence-corrected chi connectivity index (χ4v) is 4.34. The van der Waals surface area contributed by atoms with E-state index in [1.165, 1.54) is 12.1 Å². The van der Waals surface area contributed by atoms with Crippen molar-refractivity contribution in [3.8, 4) is 0 Å². The van der Waals surface area contributed by atoms with Crippen LogP contribution in [0.3, 0.4) is 0 Å². The first-order chi connectivity index (χ1) is 13.4. The molecule has 0 aliphatic heterocycles. The Labute approximate surface area is 171 Å². The van der Waals surface area contributed by atoms with E-state index < -0.39 is 9.84 Å². The molecule has 0 bridgehead atoms. The van der Waals surface area contributed by atoms with E-state index in [1.54, 1.807) is 42.5 Å². The van der Waals surface area contributed by atoms with Crippen LogP contribution in [0.2, 0.25) is 5.02 Å². The van der Waals surface area contributed by atoms with Crippen LogP contribution >= 0.6 is 23.4 Å². The Morgan fingerprint density at radius 3 is 2.46 bits per heavy atom. The molecular formula is C18H15ClN4O3S2. The number of carbonyl (C=O) groups excluding carboxylic acids is 1. The number of nitrogen functional groups attached to an aromatic ring is 1. The first-order valence-corrected chi connectivity index (χ1v) is 10.8. The zero-order valence-electron chi connectivity index (χ0n) is 14.4. The summed E-state index contributed by atoms with van der Waals surface area (Å²) in [7, 11) is -3.82. The summed E-state index contributed by atoms with van der Waals surface area (Å²) >= 11 is 7.03. The Morgan fingerprint density at radius 2 is 1.79 bits per heavy atom. The summed E-state index contributed by atoms with van der Waals surface area (Å²) in [5, 5.41) is 3.30. The van der Waals surface area contributed by atoms with E-state index in [2.05, 4.69) is 15.3 Å². The number of carbonyl (C=O) groups is 1. The van der Waals surface area contributed by atoms with Gasteiger partial charge in [-0.2, -0.15) is 0 Å². The Morgan fingerprint density at radius 1 is 1.11 bits per heavy atom. The van der Waals surface area contributed by atoms with E-state index in [1.807, 2.05) is 0 Å². The summed E-state index contributed by atoms with van der Waals surface area (Å²) < 4.78 is 25.2. The summed E-state index contributed by atoms with van der Waals surface area (Å²) in [4.78, 5) is 20.0. The van der Waals surface area contributed by atoms with E-state index in [0.717, 1.165) is 18.0 Å². The third-order valence-corrected chi connectivity index (χ3v) is 6.56. The Kier molecular flexibility index (Phi) is 6.18. The predicted octanol–water partition coefficient (Wildman–Crippen LogP) is 3.28. The van der Waals surface area contributed by atoms with Crippen LogP contribution in [0.15, 0.2) is 75.7 Å². The van der Waals surface area contributed by atoms with Crippen LogP contribution in [0.5, 0.6) is 0 Å². The normalized spacial score (nSPS) is 11.2. The monoisotopic (exact) mass is 434 g/mol. The molecule has 0 radical (unpaired) electrons. The lowest BCUT2D eigenvalue weighted by Gasteiger charge is -2.08. The molecule has 0 saturated heterocycles. The lowest BCUT2D eigenvalue weighted by atomic mass is 10.3. The minimum atomic E-state index is -3.82. The molecule has 0 spiro atoms. The van der Waals surface area contributed by atoms with Gasteiger partial charge in [0, 0.05) is 0 Å². The van der Waals surface area contributed by atoms with E-state index in [-0.39, 0.29) is 32.4 Å². The fraction of sp³-hybridized carbons (Fsp3) is 0.0556. The second-order valence-electron chi connectivity index (χ2n) is 5.54. The Hall–Kier alpha value is -2.62. The number of thioether (sulfide) groups is 1. The molecule has 3 N–H and O–H groups in total. The number of nitrogens with two attached hydrogens (primary N) is 1. The second kappa shape index (κ2) is 8.59. The lowest BCUT2D eigenvalue weighted by Crippen LogP contribution is -2.15. The molecule has 1 heterocycles. The smallest absolute Gasteiger partial charge is 0.234 e. The molecule has 2 aromatic carbocycles. The van der Waals surface area contributed by atoms with Gasteiger partial charge in [0.25, 0.3) is 0 Å². The largest absolute Gasteiger partial charge is 0.382 e. The molecule has 144 valence electrons. The quantitative estimate of drug-likeness (QED) is 0.451. The lowest BCUT2D eigenvalue weighted by molar-refractivity contribution is -0.113.